The van der Waals surface area contributed by atoms with Gasteiger partial charge in [-0.25, -0.2) is 8.42 Å². The molecule has 0 aliphatic heterocycles. The number of rotatable bonds is 10. The van der Waals surface area contributed by atoms with E-state index in [2.05, 4.69) is 5.32 Å². The van der Waals surface area contributed by atoms with Crippen LogP contribution in [0.15, 0.2) is 77.7 Å². The largest absolute Gasteiger partial charge is 0.352 e. The summed E-state index contributed by atoms with van der Waals surface area (Å²) in [5, 5.41) is 3.93. The summed E-state index contributed by atoms with van der Waals surface area (Å²) in [4.78, 5) is 28.7. The summed E-state index contributed by atoms with van der Waals surface area (Å²) in [6.07, 6.45) is 3.90. The highest BCUT2D eigenvalue weighted by Crippen LogP contribution is 2.29. The second-order valence-corrected chi connectivity index (χ2v) is 12.8. The molecule has 0 heterocycles. The van der Waals surface area contributed by atoms with Crippen LogP contribution in [-0.2, 0) is 26.2 Å². The first kappa shape index (κ1) is 29.9. The fourth-order valence-corrected chi connectivity index (χ4v) is 6.61. The van der Waals surface area contributed by atoms with Gasteiger partial charge in [0.25, 0.3) is 10.0 Å². The number of benzene rings is 3. The monoisotopic (exact) mass is 601 g/mol. The minimum atomic E-state index is -4.15. The molecule has 0 saturated heterocycles. The van der Waals surface area contributed by atoms with Crippen LogP contribution in [-0.4, -0.2) is 43.8 Å². The SMILES string of the molecule is Cc1ccc(N(CC(=O)N(Cc2cccc(Cl)c2)[C@H](C)C(=O)NC2CCCC2)S(=O)(=O)c2ccccc2)cc1Cl. The van der Waals surface area contributed by atoms with Crippen LogP contribution < -0.4 is 9.62 Å². The van der Waals surface area contributed by atoms with Crippen molar-refractivity contribution in [2.45, 2.75) is 63.1 Å². The lowest BCUT2D eigenvalue weighted by Crippen LogP contribution is -2.52. The van der Waals surface area contributed by atoms with Gasteiger partial charge in [-0.1, -0.05) is 72.4 Å². The number of halogens is 2. The van der Waals surface area contributed by atoms with Crippen LogP contribution in [0.5, 0.6) is 0 Å². The van der Waals surface area contributed by atoms with Gasteiger partial charge >= 0.3 is 0 Å². The number of carbonyl (C=O) groups excluding carboxylic acids is 2. The standard InChI is InChI=1S/C30H33Cl2N3O4S/c1-21-15-16-26(18-28(21)32)35(40(38,39)27-13-4-3-5-14-27)20-29(36)34(19-23-9-8-10-24(31)17-23)22(2)30(37)33-25-11-6-7-12-25/h3-5,8-10,13-18,22,25H,6-7,11-12,19-20H2,1-2H3,(H,33,37)/t22-/m1/s1. The van der Waals surface area contributed by atoms with Gasteiger partial charge in [-0.3, -0.25) is 13.9 Å². The van der Waals surface area contributed by atoms with Crippen LogP contribution in [0.4, 0.5) is 5.69 Å². The molecule has 212 valence electrons. The van der Waals surface area contributed by atoms with Crippen LogP contribution in [0.3, 0.4) is 0 Å². The molecule has 0 spiro atoms. The Hall–Kier alpha value is -3.07. The summed E-state index contributed by atoms with van der Waals surface area (Å²) in [7, 11) is -4.15. The fraction of sp³-hybridized carbons (Fsp3) is 0.333. The van der Waals surface area contributed by atoms with Gasteiger partial charge in [-0.05, 0) is 74.2 Å². The second kappa shape index (κ2) is 13.1. The maximum Gasteiger partial charge on any atom is 0.264 e. The Balaban J connectivity index is 1.69. The van der Waals surface area contributed by atoms with Gasteiger partial charge in [0.1, 0.15) is 12.6 Å². The minimum Gasteiger partial charge on any atom is -0.352 e. The molecule has 0 aromatic heterocycles. The Labute approximate surface area is 246 Å². The molecular formula is C30H33Cl2N3O4S. The van der Waals surface area contributed by atoms with Gasteiger partial charge in [0, 0.05) is 22.6 Å². The molecule has 1 atom stereocenters. The Bertz CT molecular complexity index is 1460. The molecule has 3 aromatic carbocycles. The lowest BCUT2D eigenvalue weighted by molar-refractivity contribution is -0.139. The molecule has 1 aliphatic rings. The van der Waals surface area contributed by atoms with Gasteiger partial charge in [0.15, 0.2) is 0 Å². The average Bonchev–Trinajstić information content (AvgIpc) is 3.45. The van der Waals surface area contributed by atoms with E-state index in [-0.39, 0.29) is 29.1 Å². The summed E-state index contributed by atoms with van der Waals surface area (Å²) in [5.41, 5.74) is 1.74. The lowest BCUT2D eigenvalue weighted by Gasteiger charge is -2.32. The van der Waals surface area contributed by atoms with E-state index in [4.69, 9.17) is 23.2 Å². The molecule has 3 aromatic rings. The topological polar surface area (TPSA) is 86.8 Å². The third-order valence-electron chi connectivity index (χ3n) is 7.16. The van der Waals surface area contributed by atoms with Gasteiger partial charge in [0.2, 0.25) is 11.8 Å². The first-order valence-electron chi connectivity index (χ1n) is 13.2. The summed E-state index contributed by atoms with van der Waals surface area (Å²) in [6.45, 7) is 3.01. The second-order valence-electron chi connectivity index (χ2n) is 10.1. The van der Waals surface area contributed by atoms with Crippen LogP contribution in [0.25, 0.3) is 0 Å². The van der Waals surface area contributed by atoms with Crippen molar-refractivity contribution in [2.24, 2.45) is 0 Å². The van der Waals surface area contributed by atoms with Crippen molar-refractivity contribution in [1.82, 2.24) is 10.2 Å². The van der Waals surface area contributed by atoms with E-state index in [9.17, 15) is 18.0 Å². The third-order valence-corrected chi connectivity index (χ3v) is 9.59. The Morgan fingerprint density at radius 2 is 1.68 bits per heavy atom. The summed E-state index contributed by atoms with van der Waals surface area (Å²) in [6, 6.07) is 19.0. The van der Waals surface area contributed by atoms with E-state index in [0.717, 1.165) is 41.1 Å². The van der Waals surface area contributed by atoms with Gasteiger partial charge in [0.05, 0.1) is 10.6 Å². The Morgan fingerprint density at radius 1 is 0.975 bits per heavy atom. The zero-order chi connectivity index (χ0) is 28.9. The van der Waals surface area contributed by atoms with Crippen LogP contribution in [0.2, 0.25) is 10.0 Å². The third kappa shape index (κ3) is 7.16. The molecule has 4 rings (SSSR count). The van der Waals surface area contributed by atoms with E-state index < -0.39 is 28.5 Å². The van der Waals surface area contributed by atoms with Crippen molar-refractivity contribution in [3.8, 4) is 0 Å². The molecule has 0 unspecified atom stereocenters. The highest BCUT2D eigenvalue weighted by molar-refractivity contribution is 7.92. The van der Waals surface area contributed by atoms with Gasteiger partial charge in [-0.2, -0.15) is 0 Å². The van der Waals surface area contributed by atoms with E-state index in [1.165, 1.54) is 23.1 Å². The van der Waals surface area contributed by atoms with E-state index in [0.29, 0.717) is 10.0 Å². The van der Waals surface area contributed by atoms with Crippen LogP contribution in [0, 0.1) is 6.92 Å². The summed E-state index contributed by atoms with van der Waals surface area (Å²) < 4.78 is 28.7. The molecule has 1 aliphatic carbocycles. The summed E-state index contributed by atoms with van der Waals surface area (Å²) >= 11 is 12.6. The highest BCUT2D eigenvalue weighted by atomic mass is 35.5. The highest BCUT2D eigenvalue weighted by Gasteiger charge is 2.33. The number of nitrogens with one attached hydrogen (secondary N) is 1. The maximum atomic E-state index is 14.0. The predicted molar refractivity (Wildman–Crippen MR) is 159 cm³/mol. The van der Waals surface area contributed by atoms with Gasteiger partial charge in [-0.15, -0.1) is 0 Å². The fourth-order valence-electron chi connectivity index (χ4n) is 4.79. The van der Waals surface area contributed by atoms with E-state index >= 15 is 0 Å². The maximum absolute atomic E-state index is 14.0. The Kier molecular flexibility index (Phi) is 9.77. The van der Waals surface area contributed by atoms with Crippen LogP contribution in [0.1, 0.15) is 43.7 Å². The van der Waals surface area contributed by atoms with E-state index in [1.807, 2.05) is 13.0 Å². The normalized spacial score (nSPS) is 14.5. The number of hydrogen-bond donors (Lipinski definition) is 1. The molecule has 1 fully saturated rings. The molecule has 40 heavy (non-hydrogen) atoms. The van der Waals surface area contributed by atoms with Crippen molar-refractivity contribution < 1.29 is 18.0 Å². The Morgan fingerprint density at radius 3 is 2.33 bits per heavy atom. The zero-order valence-electron chi connectivity index (χ0n) is 22.5. The number of nitrogens with zero attached hydrogens (tertiary/aromatic N) is 2. The van der Waals surface area contributed by atoms with Crippen LogP contribution >= 0.6 is 23.2 Å². The van der Waals surface area contributed by atoms with Crippen molar-refractivity contribution in [3.05, 3.63) is 94.0 Å². The van der Waals surface area contributed by atoms with Crippen molar-refractivity contribution in [1.29, 1.82) is 0 Å². The molecule has 0 bridgehead atoms. The molecule has 1 saturated carbocycles. The van der Waals surface area contributed by atoms with Gasteiger partial charge < -0.3 is 10.2 Å². The molecule has 7 nitrogen and oxygen atoms in total. The number of anilines is 1. The number of hydrogen-bond acceptors (Lipinski definition) is 4. The first-order valence-corrected chi connectivity index (χ1v) is 15.4. The predicted octanol–water partition coefficient (Wildman–Crippen LogP) is 5.97. The number of carbonyl (C=O) groups is 2. The smallest absolute Gasteiger partial charge is 0.264 e. The molecule has 0 radical (unpaired) electrons. The first-order chi connectivity index (χ1) is 19.1. The number of aryl methyl sites for hydroxylation is 1. The average molecular weight is 603 g/mol. The number of amides is 2. The quantitative estimate of drug-likeness (QED) is 0.310. The molecule has 10 heteroatoms. The molecule has 1 N–H and O–H groups in total. The number of sulfonamides is 1. The summed E-state index contributed by atoms with van der Waals surface area (Å²) in [5.74, 6) is -0.816. The van der Waals surface area contributed by atoms with Crippen molar-refractivity contribution in [2.75, 3.05) is 10.8 Å². The van der Waals surface area contributed by atoms with Crippen molar-refractivity contribution in [3.63, 3.8) is 0 Å². The van der Waals surface area contributed by atoms with Crippen molar-refractivity contribution >= 4 is 50.7 Å². The zero-order valence-corrected chi connectivity index (χ0v) is 24.8. The lowest BCUT2D eigenvalue weighted by atomic mass is 10.1. The van der Waals surface area contributed by atoms with E-state index in [1.54, 1.807) is 55.5 Å². The molecular weight excluding hydrogens is 569 g/mol. The molecule has 2 amide bonds. The minimum absolute atomic E-state index is 0.0351.